The molecular weight excluding hydrogens is 300 g/mol. The highest BCUT2D eigenvalue weighted by atomic mass is 32.1. The maximum absolute atomic E-state index is 11.8. The van der Waals surface area contributed by atoms with Crippen molar-refractivity contribution < 1.29 is 9.53 Å². The highest BCUT2D eigenvalue weighted by molar-refractivity contribution is 7.15. The van der Waals surface area contributed by atoms with Gasteiger partial charge in [0.05, 0.1) is 23.5 Å². The number of likely N-dealkylation sites (tertiary alicyclic amines) is 1. The summed E-state index contributed by atoms with van der Waals surface area (Å²) in [5.74, 6) is 0.0869. The van der Waals surface area contributed by atoms with Crippen LogP contribution in [0.25, 0.3) is 4.96 Å². The summed E-state index contributed by atoms with van der Waals surface area (Å²) >= 11 is 1.66. The van der Waals surface area contributed by atoms with Gasteiger partial charge in [-0.05, 0) is 13.3 Å². The molecule has 0 radical (unpaired) electrons. The van der Waals surface area contributed by atoms with Gasteiger partial charge in [-0.2, -0.15) is 0 Å². The van der Waals surface area contributed by atoms with Gasteiger partial charge in [0.2, 0.25) is 5.91 Å². The Balaban J connectivity index is 1.53. The molecule has 6 nitrogen and oxygen atoms in total. The molecule has 2 atom stereocenters. The van der Waals surface area contributed by atoms with Crippen LogP contribution >= 0.6 is 11.3 Å². The molecule has 2 fully saturated rings. The van der Waals surface area contributed by atoms with Crippen LogP contribution in [-0.4, -0.2) is 64.0 Å². The Bertz CT molecular complexity index is 710. The maximum Gasteiger partial charge on any atom is 0.248 e. The van der Waals surface area contributed by atoms with Crippen LogP contribution in [0.15, 0.2) is 11.6 Å². The highest BCUT2D eigenvalue weighted by Crippen LogP contribution is 2.25. The molecule has 7 heteroatoms. The fraction of sp³-hybridized carbons (Fsp3) is 0.600. The second-order valence-electron chi connectivity index (χ2n) is 6.14. The van der Waals surface area contributed by atoms with Gasteiger partial charge in [-0.25, -0.2) is 4.98 Å². The van der Waals surface area contributed by atoms with Crippen LogP contribution in [0.2, 0.25) is 0 Å². The minimum atomic E-state index is 0.0869. The second-order valence-corrected chi connectivity index (χ2v) is 7.02. The number of aryl methyl sites for hydroxylation is 1. The minimum absolute atomic E-state index is 0.0869. The summed E-state index contributed by atoms with van der Waals surface area (Å²) < 4.78 is 7.87. The van der Waals surface area contributed by atoms with Crippen LogP contribution in [0, 0.1) is 6.92 Å². The van der Waals surface area contributed by atoms with E-state index in [9.17, 15) is 4.79 Å². The SMILES string of the molecule is Cc1nc2sccn2c1CN1CC[C@H]2OCC(=O)N(C)[C@H]2C1. The first kappa shape index (κ1) is 14.2. The second kappa shape index (κ2) is 5.33. The molecule has 0 bridgehead atoms. The molecule has 2 saturated heterocycles. The van der Waals surface area contributed by atoms with Gasteiger partial charge in [0.15, 0.2) is 4.96 Å². The average Bonchev–Trinajstić information content (AvgIpc) is 3.06. The Kier molecular flexibility index (Phi) is 3.43. The van der Waals surface area contributed by atoms with E-state index in [0.29, 0.717) is 0 Å². The van der Waals surface area contributed by atoms with E-state index in [1.807, 2.05) is 11.9 Å². The lowest BCUT2D eigenvalue weighted by Crippen LogP contribution is -2.60. The summed E-state index contributed by atoms with van der Waals surface area (Å²) in [7, 11) is 1.90. The van der Waals surface area contributed by atoms with E-state index in [1.54, 1.807) is 11.3 Å². The van der Waals surface area contributed by atoms with Crippen molar-refractivity contribution in [3.8, 4) is 0 Å². The standard InChI is InChI=1S/C15H20N4O2S/c1-10-11(19-5-6-22-15(19)16-10)7-18-4-3-13-12(8-18)17(2)14(20)9-21-13/h5-6,12-13H,3-4,7-9H2,1-2H3/t12-,13+/m0/s1. The van der Waals surface area contributed by atoms with Gasteiger partial charge >= 0.3 is 0 Å². The number of amides is 1. The van der Waals surface area contributed by atoms with Crippen LogP contribution in [-0.2, 0) is 16.1 Å². The van der Waals surface area contributed by atoms with Gasteiger partial charge in [-0.1, -0.05) is 0 Å². The molecule has 0 aromatic carbocycles. The predicted molar refractivity (Wildman–Crippen MR) is 84.0 cm³/mol. The quantitative estimate of drug-likeness (QED) is 0.832. The Morgan fingerprint density at radius 2 is 2.36 bits per heavy atom. The molecule has 0 N–H and O–H groups in total. The van der Waals surface area contributed by atoms with Crippen molar-refractivity contribution in [2.24, 2.45) is 0 Å². The zero-order valence-electron chi connectivity index (χ0n) is 12.9. The molecule has 0 spiro atoms. The van der Waals surface area contributed by atoms with E-state index < -0.39 is 0 Å². The number of thiazole rings is 1. The van der Waals surface area contributed by atoms with E-state index in [-0.39, 0.29) is 24.7 Å². The molecule has 4 rings (SSSR count). The van der Waals surface area contributed by atoms with Crippen LogP contribution < -0.4 is 0 Å². The first-order chi connectivity index (χ1) is 10.6. The lowest BCUT2D eigenvalue weighted by molar-refractivity contribution is -0.160. The number of ether oxygens (including phenoxy) is 1. The monoisotopic (exact) mass is 320 g/mol. The molecule has 22 heavy (non-hydrogen) atoms. The predicted octanol–water partition coefficient (Wildman–Crippen LogP) is 1.14. The third-order valence-electron chi connectivity index (χ3n) is 4.85. The number of hydrogen-bond donors (Lipinski definition) is 0. The summed E-state index contributed by atoms with van der Waals surface area (Å²) in [5, 5.41) is 2.07. The number of likely N-dealkylation sites (N-methyl/N-ethyl adjacent to an activating group) is 1. The van der Waals surface area contributed by atoms with Gasteiger partial charge in [0.1, 0.15) is 6.61 Å². The molecular formula is C15H20N4O2S. The number of carbonyl (C=O) groups excluding carboxylic acids is 1. The fourth-order valence-corrected chi connectivity index (χ4v) is 4.27. The van der Waals surface area contributed by atoms with Crippen molar-refractivity contribution in [3.05, 3.63) is 23.0 Å². The summed E-state index contributed by atoms with van der Waals surface area (Å²) in [6.07, 6.45) is 3.25. The lowest BCUT2D eigenvalue weighted by atomic mass is 9.99. The van der Waals surface area contributed by atoms with Gasteiger partial charge in [0, 0.05) is 38.3 Å². The summed E-state index contributed by atoms with van der Waals surface area (Å²) in [6, 6.07) is 0.168. The molecule has 118 valence electrons. The van der Waals surface area contributed by atoms with Crippen molar-refractivity contribution >= 4 is 22.2 Å². The lowest BCUT2D eigenvalue weighted by Gasteiger charge is -2.45. The Labute approximate surface area is 133 Å². The van der Waals surface area contributed by atoms with Crippen LogP contribution in [0.1, 0.15) is 17.8 Å². The third kappa shape index (κ3) is 2.24. The summed E-state index contributed by atoms with van der Waals surface area (Å²) in [4.78, 5) is 21.8. The number of fused-ring (bicyclic) bond motifs is 2. The van der Waals surface area contributed by atoms with E-state index >= 15 is 0 Å². The zero-order chi connectivity index (χ0) is 15.3. The fourth-order valence-electron chi connectivity index (χ4n) is 3.49. The number of imidazole rings is 1. The van der Waals surface area contributed by atoms with Gasteiger partial charge in [0.25, 0.3) is 0 Å². The van der Waals surface area contributed by atoms with E-state index in [2.05, 4.69) is 32.8 Å². The smallest absolute Gasteiger partial charge is 0.248 e. The Hall–Kier alpha value is -1.44. The molecule has 2 aromatic heterocycles. The molecule has 4 heterocycles. The Morgan fingerprint density at radius 3 is 3.23 bits per heavy atom. The average molecular weight is 320 g/mol. The number of aromatic nitrogens is 2. The molecule has 0 saturated carbocycles. The minimum Gasteiger partial charge on any atom is -0.366 e. The van der Waals surface area contributed by atoms with Crippen molar-refractivity contribution in [3.63, 3.8) is 0 Å². The molecule has 2 aliphatic rings. The van der Waals surface area contributed by atoms with Crippen molar-refractivity contribution in [2.75, 3.05) is 26.7 Å². The molecule has 2 aliphatic heterocycles. The number of piperidine rings is 1. The van der Waals surface area contributed by atoms with Gasteiger partial charge in [-0.3, -0.25) is 14.1 Å². The number of nitrogens with zero attached hydrogens (tertiary/aromatic N) is 4. The number of hydrogen-bond acceptors (Lipinski definition) is 5. The van der Waals surface area contributed by atoms with E-state index in [1.165, 1.54) is 5.69 Å². The highest BCUT2D eigenvalue weighted by Gasteiger charge is 2.38. The first-order valence-corrected chi connectivity index (χ1v) is 8.52. The van der Waals surface area contributed by atoms with Gasteiger partial charge < -0.3 is 9.64 Å². The van der Waals surface area contributed by atoms with Crippen molar-refractivity contribution in [1.29, 1.82) is 0 Å². The molecule has 0 aliphatic carbocycles. The van der Waals surface area contributed by atoms with Crippen LogP contribution in [0.5, 0.6) is 0 Å². The zero-order valence-corrected chi connectivity index (χ0v) is 13.7. The first-order valence-electron chi connectivity index (χ1n) is 7.64. The Morgan fingerprint density at radius 1 is 1.50 bits per heavy atom. The number of morpholine rings is 1. The summed E-state index contributed by atoms with van der Waals surface area (Å²) in [5.41, 5.74) is 2.35. The normalized spacial score (nSPS) is 26.6. The molecule has 2 aromatic rings. The van der Waals surface area contributed by atoms with Crippen molar-refractivity contribution in [2.45, 2.75) is 32.0 Å². The van der Waals surface area contributed by atoms with Crippen LogP contribution in [0.3, 0.4) is 0 Å². The molecule has 0 unspecified atom stereocenters. The van der Waals surface area contributed by atoms with Gasteiger partial charge in [-0.15, -0.1) is 11.3 Å². The molecule has 1 amide bonds. The van der Waals surface area contributed by atoms with E-state index in [4.69, 9.17) is 4.74 Å². The van der Waals surface area contributed by atoms with Crippen molar-refractivity contribution in [1.82, 2.24) is 19.2 Å². The number of rotatable bonds is 2. The maximum atomic E-state index is 11.8. The van der Waals surface area contributed by atoms with Crippen LogP contribution in [0.4, 0.5) is 0 Å². The third-order valence-corrected chi connectivity index (χ3v) is 5.61. The largest absolute Gasteiger partial charge is 0.366 e. The summed E-state index contributed by atoms with van der Waals surface area (Å²) in [6.45, 7) is 5.04. The topological polar surface area (TPSA) is 50.1 Å². The number of carbonyl (C=O) groups is 1. The van der Waals surface area contributed by atoms with E-state index in [0.717, 1.165) is 36.7 Å².